The van der Waals surface area contributed by atoms with E-state index in [1.54, 1.807) is 0 Å². The number of aryl methyl sites for hydroxylation is 2. The van der Waals surface area contributed by atoms with Gasteiger partial charge in [-0.05, 0) is 32.2 Å². The van der Waals surface area contributed by atoms with Gasteiger partial charge in [-0.15, -0.1) is 0 Å². The molecule has 3 heterocycles. The summed E-state index contributed by atoms with van der Waals surface area (Å²) >= 11 is 0. The predicted octanol–water partition coefficient (Wildman–Crippen LogP) is 2.05. The summed E-state index contributed by atoms with van der Waals surface area (Å²) < 4.78 is 1.97. The van der Waals surface area contributed by atoms with Crippen LogP contribution in [-0.2, 0) is 13.5 Å². The standard InChI is InChI=1S/C15H26N4/c1-4-12-9-18-8-6-7-13(18)10-19(12)15-11-17(3)16-14(15)5-2/h11-13H,4-10H2,1-3H3. The summed E-state index contributed by atoms with van der Waals surface area (Å²) in [5.41, 5.74) is 2.63. The van der Waals surface area contributed by atoms with Gasteiger partial charge in [-0.25, -0.2) is 0 Å². The van der Waals surface area contributed by atoms with Crippen molar-refractivity contribution in [3.8, 4) is 0 Å². The highest BCUT2D eigenvalue weighted by Gasteiger charge is 2.36. The maximum absolute atomic E-state index is 4.62. The van der Waals surface area contributed by atoms with Crippen molar-refractivity contribution >= 4 is 5.69 Å². The normalized spacial score (nSPS) is 27.8. The Bertz CT molecular complexity index is 439. The van der Waals surface area contributed by atoms with Crippen LogP contribution in [0.15, 0.2) is 6.20 Å². The van der Waals surface area contributed by atoms with Crippen molar-refractivity contribution in [3.05, 3.63) is 11.9 Å². The zero-order valence-electron chi connectivity index (χ0n) is 12.5. The molecular formula is C15H26N4. The molecule has 2 aliphatic rings. The third kappa shape index (κ3) is 2.27. The molecule has 2 aliphatic heterocycles. The van der Waals surface area contributed by atoms with Gasteiger partial charge in [0, 0.05) is 38.4 Å². The second-order valence-electron chi connectivity index (χ2n) is 5.99. The lowest BCUT2D eigenvalue weighted by molar-refractivity contribution is 0.194. The maximum Gasteiger partial charge on any atom is 0.0855 e. The Labute approximate surface area is 116 Å². The van der Waals surface area contributed by atoms with Crippen molar-refractivity contribution in [3.63, 3.8) is 0 Å². The molecule has 0 aliphatic carbocycles. The molecule has 0 spiro atoms. The maximum atomic E-state index is 4.62. The number of hydrogen-bond acceptors (Lipinski definition) is 3. The molecule has 0 bridgehead atoms. The molecule has 2 atom stereocenters. The minimum absolute atomic E-state index is 0.656. The van der Waals surface area contributed by atoms with Crippen molar-refractivity contribution in [2.24, 2.45) is 7.05 Å². The topological polar surface area (TPSA) is 24.3 Å². The first-order valence-corrected chi connectivity index (χ1v) is 7.76. The van der Waals surface area contributed by atoms with E-state index in [9.17, 15) is 0 Å². The highest BCUT2D eigenvalue weighted by atomic mass is 15.3. The number of aromatic nitrogens is 2. The fourth-order valence-electron chi connectivity index (χ4n) is 3.75. The monoisotopic (exact) mass is 262 g/mol. The molecule has 106 valence electrons. The predicted molar refractivity (Wildman–Crippen MR) is 78.6 cm³/mol. The Morgan fingerprint density at radius 2 is 2.16 bits per heavy atom. The Morgan fingerprint density at radius 1 is 1.32 bits per heavy atom. The van der Waals surface area contributed by atoms with Gasteiger partial charge in [-0.1, -0.05) is 13.8 Å². The van der Waals surface area contributed by atoms with Gasteiger partial charge in [0.2, 0.25) is 0 Å². The molecule has 0 amide bonds. The first-order chi connectivity index (χ1) is 9.22. The van der Waals surface area contributed by atoms with Crippen LogP contribution in [0.5, 0.6) is 0 Å². The van der Waals surface area contributed by atoms with Crippen LogP contribution in [0, 0.1) is 0 Å². The quantitative estimate of drug-likeness (QED) is 0.833. The summed E-state index contributed by atoms with van der Waals surface area (Å²) in [6, 6.07) is 1.43. The van der Waals surface area contributed by atoms with E-state index in [0.717, 1.165) is 12.5 Å². The molecule has 2 saturated heterocycles. The number of hydrogen-bond donors (Lipinski definition) is 0. The van der Waals surface area contributed by atoms with Crippen LogP contribution in [0.4, 0.5) is 5.69 Å². The number of nitrogens with zero attached hydrogens (tertiary/aromatic N) is 4. The summed E-state index contributed by atoms with van der Waals surface area (Å²) in [6.45, 7) is 8.26. The van der Waals surface area contributed by atoms with Gasteiger partial charge in [0.1, 0.15) is 0 Å². The van der Waals surface area contributed by atoms with Crippen LogP contribution >= 0.6 is 0 Å². The fourth-order valence-corrected chi connectivity index (χ4v) is 3.75. The van der Waals surface area contributed by atoms with Crippen LogP contribution in [0.2, 0.25) is 0 Å². The third-order valence-electron chi connectivity index (χ3n) is 4.79. The zero-order chi connectivity index (χ0) is 13.4. The minimum atomic E-state index is 0.656. The number of anilines is 1. The first-order valence-electron chi connectivity index (χ1n) is 7.76. The lowest BCUT2D eigenvalue weighted by atomic mass is 10.0. The van der Waals surface area contributed by atoms with E-state index >= 15 is 0 Å². The Balaban J connectivity index is 1.88. The molecule has 2 unspecified atom stereocenters. The lowest BCUT2D eigenvalue weighted by Gasteiger charge is -2.44. The average molecular weight is 262 g/mol. The molecule has 4 heteroatoms. The molecular weight excluding hydrogens is 236 g/mol. The van der Waals surface area contributed by atoms with Gasteiger partial charge in [0.25, 0.3) is 0 Å². The van der Waals surface area contributed by atoms with Crippen LogP contribution in [0.25, 0.3) is 0 Å². The summed E-state index contributed by atoms with van der Waals surface area (Å²) in [6.07, 6.45) is 7.21. The molecule has 1 aromatic heterocycles. The molecule has 4 nitrogen and oxygen atoms in total. The Kier molecular flexibility index (Phi) is 3.52. The van der Waals surface area contributed by atoms with E-state index in [1.165, 1.54) is 50.3 Å². The highest BCUT2D eigenvalue weighted by Crippen LogP contribution is 2.31. The third-order valence-corrected chi connectivity index (χ3v) is 4.79. The van der Waals surface area contributed by atoms with E-state index in [0.29, 0.717) is 6.04 Å². The Hall–Kier alpha value is -1.03. The summed E-state index contributed by atoms with van der Waals surface area (Å²) in [5.74, 6) is 0. The van der Waals surface area contributed by atoms with Crippen molar-refractivity contribution in [2.45, 2.75) is 51.6 Å². The lowest BCUT2D eigenvalue weighted by Crippen LogP contribution is -2.56. The molecule has 0 saturated carbocycles. The summed E-state index contributed by atoms with van der Waals surface area (Å²) in [7, 11) is 2.04. The van der Waals surface area contributed by atoms with E-state index in [2.05, 4.69) is 34.9 Å². The van der Waals surface area contributed by atoms with Gasteiger partial charge in [-0.3, -0.25) is 9.58 Å². The molecule has 0 radical (unpaired) electrons. The van der Waals surface area contributed by atoms with E-state index in [4.69, 9.17) is 0 Å². The number of piperazine rings is 1. The van der Waals surface area contributed by atoms with E-state index in [-0.39, 0.29) is 0 Å². The van der Waals surface area contributed by atoms with Gasteiger partial charge in [0.05, 0.1) is 11.4 Å². The smallest absolute Gasteiger partial charge is 0.0855 e. The van der Waals surface area contributed by atoms with Crippen LogP contribution in [-0.4, -0.2) is 46.4 Å². The summed E-state index contributed by atoms with van der Waals surface area (Å²) in [5, 5.41) is 4.62. The van der Waals surface area contributed by atoms with Crippen LogP contribution in [0.3, 0.4) is 0 Å². The van der Waals surface area contributed by atoms with Gasteiger partial charge < -0.3 is 4.90 Å². The molecule has 1 aromatic rings. The van der Waals surface area contributed by atoms with Gasteiger partial charge in [-0.2, -0.15) is 5.10 Å². The number of fused-ring (bicyclic) bond motifs is 1. The zero-order valence-corrected chi connectivity index (χ0v) is 12.5. The summed E-state index contributed by atoms with van der Waals surface area (Å²) in [4.78, 5) is 5.34. The van der Waals surface area contributed by atoms with Crippen molar-refractivity contribution in [2.75, 3.05) is 24.5 Å². The molecule has 19 heavy (non-hydrogen) atoms. The van der Waals surface area contributed by atoms with Gasteiger partial charge in [0.15, 0.2) is 0 Å². The SMILES string of the molecule is CCc1nn(C)cc1N1CC2CCCN2CC1CC. The minimum Gasteiger partial charge on any atom is -0.363 e. The van der Waals surface area contributed by atoms with E-state index < -0.39 is 0 Å². The van der Waals surface area contributed by atoms with Crippen LogP contribution < -0.4 is 4.90 Å². The highest BCUT2D eigenvalue weighted by molar-refractivity contribution is 5.51. The average Bonchev–Trinajstić information content (AvgIpc) is 3.02. The molecule has 3 rings (SSSR count). The number of rotatable bonds is 3. The van der Waals surface area contributed by atoms with Crippen LogP contribution in [0.1, 0.15) is 38.8 Å². The molecule has 0 N–H and O–H groups in total. The Morgan fingerprint density at radius 3 is 2.89 bits per heavy atom. The molecule has 2 fully saturated rings. The van der Waals surface area contributed by atoms with Crippen molar-refractivity contribution in [1.82, 2.24) is 14.7 Å². The molecule has 0 aromatic carbocycles. The largest absolute Gasteiger partial charge is 0.363 e. The second kappa shape index (κ2) is 5.16. The van der Waals surface area contributed by atoms with Crippen molar-refractivity contribution in [1.29, 1.82) is 0 Å². The fraction of sp³-hybridized carbons (Fsp3) is 0.800. The second-order valence-corrected chi connectivity index (χ2v) is 5.99. The van der Waals surface area contributed by atoms with Crippen molar-refractivity contribution < 1.29 is 0 Å². The van der Waals surface area contributed by atoms with Gasteiger partial charge >= 0.3 is 0 Å². The first kappa shape index (κ1) is 13.0. The van der Waals surface area contributed by atoms with E-state index in [1.807, 2.05) is 11.7 Å².